The highest BCUT2D eigenvalue weighted by molar-refractivity contribution is 8.03. The van der Waals surface area contributed by atoms with Gasteiger partial charge >= 0.3 is 5.97 Å². The van der Waals surface area contributed by atoms with Crippen molar-refractivity contribution in [2.75, 3.05) is 0 Å². The summed E-state index contributed by atoms with van der Waals surface area (Å²) in [6.45, 7) is 6.09. The molecule has 0 aliphatic carbocycles. The zero-order chi connectivity index (χ0) is 18.0. The Morgan fingerprint density at radius 2 is 2.12 bits per heavy atom. The Hall–Kier alpha value is -2.54. The van der Waals surface area contributed by atoms with Gasteiger partial charge in [-0.1, -0.05) is 25.1 Å². The van der Waals surface area contributed by atoms with Crippen molar-refractivity contribution in [2.45, 2.75) is 38.5 Å². The summed E-state index contributed by atoms with van der Waals surface area (Å²) in [6.07, 6.45) is 4.25. The molecular weight excluding hydrogens is 338 g/mol. The molecule has 0 atom stereocenters. The van der Waals surface area contributed by atoms with Crippen LogP contribution >= 0.6 is 11.8 Å². The Balaban J connectivity index is 2.03. The highest BCUT2D eigenvalue weighted by Crippen LogP contribution is 2.31. The van der Waals surface area contributed by atoms with Crippen molar-refractivity contribution in [3.8, 4) is 0 Å². The van der Waals surface area contributed by atoms with Gasteiger partial charge < -0.3 is 14.1 Å². The lowest BCUT2D eigenvalue weighted by Crippen LogP contribution is -1.98. The molecule has 0 saturated heterocycles. The molecule has 6 nitrogen and oxygen atoms in total. The van der Waals surface area contributed by atoms with E-state index in [2.05, 4.69) is 28.6 Å². The number of para-hydroxylation sites is 1. The summed E-state index contributed by atoms with van der Waals surface area (Å²) >= 11 is 0.966. The summed E-state index contributed by atoms with van der Waals surface area (Å²) in [4.78, 5) is 11.8. The van der Waals surface area contributed by atoms with E-state index in [1.807, 2.05) is 37.4 Å². The molecule has 7 heteroatoms. The molecule has 25 heavy (non-hydrogen) atoms. The fraction of sp³-hybridized carbons (Fsp3) is 0.278. The maximum atomic E-state index is 11.7. The van der Waals surface area contributed by atoms with Gasteiger partial charge in [0.1, 0.15) is 4.91 Å². The monoisotopic (exact) mass is 357 g/mol. The molecule has 1 aromatic carbocycles. The fourth-order valence-electron chi connectivity index (χ4n) is 2.57. The highest BCUT2D eigenvalue weighted by Gasteiger charge is 2.17. The lowest BCUT2D eigenvalue weighted by Gasteiger charge is -2.08. The zero-order valence-corrected chi connectivity index (χ0v) is 15.1. The smallest absolute Gasteiger partial charge is 0.342 e. The quantitative estimate of drug-likeness (QED) is 0.521. The van der Waals surface area contributed by atoms with E-state index < -0.39 is 5.97 Å². The van der Waals surface area contributed by atoms with Gasteiger partial charge in [0, 0.05) is 35.1 Å². The number of aromatic nitrogens is 3. The molecule has 0 spiro atoms. The topological polar surface area (TPSA) is 81.2 Å². The zero-order valence-electron chi connectivity index (χ0n) is 14.3. The van der Waals surface area contributed by atoms with Gasteiger partial charge in [-0.2, -0.15) is 0 Å². The van der Waals surface area contributed by atoms with Crippen LogP contribution < -0.4 is 0 Å². The Kier molecular flexibility index (Phi) is 4.94. The molecule has 0 saturated carbocycles. The van der Waals surface area contributed by atoms with E-state index in [1.54, 1.807) is 6.08 Å². The molecule has 2 heterocycles. The van der Waals surface area contributed by atoms with Crippen LogP contribution in [0.1, 0.15) is 38.3 Å². The average molecular weight is 357 g/mol. The van der Waals surface area contributed by atoms with E-state index in [1.165, 1.54) is 0 Å². The number of aryl methyl sites for hydroxylation is 1. The lowest BCUT2D eigenvalue weighted by atomic mass is 10.1. The van der Waals surface area contributed by atoms with Crippen LogP contribution in [0.2, 0.25) is 0 Å². The number of carbonyl (C=O) groups is 1. The first-order chi connectivity index (χ1) is 12.0. The first-order valence-electron chi connectivity index (χ1n) is 8.04. The molecule has 130 valence electrons. The second-order valence-electron chi connectivity index (χ2n) is 5.83. The Morgan fingerprint density at radius 3 is 2.76 bits per heavy atom. The summed E-state index contributed by atoms with van der Waals surface area (Å²) in [5.41, 5.74) is 1.92. The third kappa shape index (κ3) is 3.61. The molecule has 3 rings (SSSR count). The number of carboxylic acids is 1. The second kappa shape index (κ2) is 7.14. The van der Waals surface area contributed by atoms with Gasteiger partial charge in [0.2, 0.25) is 5.89 Å². The predicted octanol–water partition coefficient (Wildman–Crippen LogP) is 4.39. The van der Waals surface area contributed by atoms with Crippen molar-refractivity contribution in [1.29, 1.82) is 0 Å². The molecule has 0 aliphatic rings. The van der Waals surface area contributed by atoms with E-state index in [-0.39, 0.29) is 16.2 Å². The van der Waals surface area contributed by atoms with Gasteiger partial charge in [-0.05, 0) is 37.8 Å². The van der Waals surface area contributed by atoms with Crippen LogP contribution in [0.5, 0.6) is 0 Å². The van der Waals surface area contributed by atoms with Crippen LogP contribution in [0.4, 0.5) is 0 Å². The molecule has 0 aliphatic heterocycles. The SMILES string of the molecule is CCc1nnc(S/C(=C\c2cn(C(C)C)c3ccccc23)C(=O)O)o1. The Morgan fingerprint density at radius 1 is 1.36 bits per heavy atom. The van der Waals surface area contributed by atoms with E-state index in [0.717, 1.165) is 28.2 Å². The molecule has 0 unspecified atom stereocenters. The minimum absolute atomic E-state index is 0.137. The first kappa shape index (κ1) is 17.3. The molecule has 3 aromatic rings. The van der Waals surface area contributed by atoms with E-state index >= 15 is 0 Å². The van der Waals surface area contributed by atoms with Crippen LogP contribution in [0.25, 0.3) is 17.0 Å². The van der Waals surface area contributed by atoms with Gasteiger partial charge in [0.15, 0.2) is 0 Å². The number of hydrogen-bond acceptors (Lipinski definition) is 5. The Bertz CT molecular complexity index is 940. The molecule has 2 aromatic heterocycles. The van der Waals surface area contributed by atoms with Gasteiger partial charge in [-0.25, -0.2) is 4.79 Å². The summed E-state index contributed by atoms with van der Waals surface area (Å²) in [6, 6.07) is 8.23. The Labute approximate surface area is 149 Å². The number of hydrogen-bond donors (Lipinski definition) is 1. The molecule has 1 N–H and O–H groups in total. The number of carboxylic acid groups (broad SMARTS) is 1. The van der Waals surface area contributed by atoms with Crippen molar-refractivity contribution in [1.82, 2.24) is 14.8 Å². The predicted molar refractivity (Wildman–Crippen MR) is 97.5 cm³/mol. The minimum Gasteiger partial charge on any atom is -0.477 e. The van der Waals surface area contributed by atoms with Crippen LogP contribution in [0.3, 0.4) is 0 Å². The molecule has 0 bridgehead atoms. The number of aliphatic carboxylic acids is 1. The van der Waals surface area contributed by atoms with Crippen molar-refractivity contribution in [3.63, 3.8) is 0 Å². The van der Waals surface area contributed by atoms with Crippen molar-refractivity contribution >= 4 is 34.7 Å². The summed E-state index contributed by atoms with van der Waals surface area (Å²) < 4.78 is 7.55. The van der Waals surface area contributed by atoms with E-state index in [4.69, 9.17) is 4.42 Å². The van der Waals surface area contributed by atoms with Crippen LogP contribution in [0, 0.1) is 0 Å². The standard InChI is InChI=1S/C18H19N3O3S/c1-4-16-19-20-18(24-16)25-15(17(22)23)9-12-10-21(11(2)3)14-8-6-5-7-13(12)14/h5-11H,4H2,1-3H3,(H,22,23)/b15-9-. The third-order valence-corrected chi connectivity index (χ3v) is 4.63. The van der Waals surface area contributed by atoms with E-state index in [0.29, 0.717) is 12.3 Å². The number of rotatable bonds is 6. The van der Waals surface area contributed by atoms with Gasteiger partial charge in [0.05, 0.1) is 0 Å². The van der Waals surface area contributed by atoms with Crippen LogP contribution in [-0.4, -0.2) is 25.8 Å². The van der Waals surface area contributed by atoms with Crippen LogP contribution in [-0.2, 0) is 11.2 Å². The number of benzene rings is 1. The number of thioether (sulfide) groups is 1. The third-order valence-electron chi connectivity index (χ3n) is 3.77. The van der Waals surface area contributed by atoms with Crippen molar-refractivity contribution in [2.24, 2.45) is 0 Å². The van der Waals surface area contributed by atoms with Crippen molar-refractivity contribution in [3.05, 3.63) is 46.8 Å². The minimum atomic E-state index is -1.03. The summed E-state index contributed by atoms with van der Waals surface area (Å²) in [5, 5.41) is 18.6. The molecule has 0 amide bonds. The van der Waals surface area contributed by atoms with Crippen LogP contribution in [0.15, 0.2) is 45.0 Å². The molecule has 0 fully saturated rings. The lowest BCUT2D eigenvalue weighted by molar-refractivity contribution is -0.131. The van der Waals surface area contributed by atoms with Gasteiger partial charge in [0.25, 0.3) is 5.22 Å². The summed E-state index contributed by atoms with van der Waals surface area (Å²) in [5.74, 6) is -0.536. The molecular formula is C18H19N3O3S. The van der Waals surface area contributed by atoms with Gasteiger partial charge in [-0.15, -0.1) is 10.2 Å². The normalized spacial score (nSPS) is 12.2. The second-order valence-corrected chi connectivity index (χ2v) is 6.83. The molecule has 0 radical (unpaired) electrons. The fourth-order valence-corrected chi connectivity index (χ4v) is 3.25. The maximum Gasteiger partial charge on any atom is 0.342 e. The first-order valence-corrected chi connectivity index (χ1v) is 8.86. The average Bonchev–Trinajstić information content (AvgIpc) is 3.19. The van der Waals surface area contributed by atoms with Gasteiger partial charge in [-0.3, -0.25) is 0 Å². The highest BCUT2D eigenvalue weighted by atomic mass is 32.2. The summed E-state index contributed by atoms with van der Waals surface area (Å²) in [7, 11) is 0. The van der Waals surface area contributed by atoms with Crippen molar-refractivity contribution < 1.29 is 14.3 Å². The largest absolute Gasteiger partial charge is 0.477 e. The number of fused-ring (bicyclic) bond motifs is 1. The van der Waals surface area contributed by atoms with E-state index in [9.17, 15) is 9.90 Å². The maximum absolute atomic E-state index is 11.7. The number of nitrogens with zero attached hydrogens (tertiary/aromatic N) is 3.